The predicted molar refractivity (Wildman–Crippen MR) is 84.9 cm³/mol. The number of carbonyl (C=O) groups excluding carboxylic acids is 1. The summed E-state index contributed by atoms with van der Waals surface area (Å²) >= 11 is 6.03. The minimum atomic E-state index is -1.66. The van der Waals surface area contributed by atoms with Crippen molar-refractivity contribution in [2.45, 2.75) is 13.8 Å². The summed E-state index contributed by atoms with van der Waals surface area (Å²) in [5, 5.41) is 5.00. The van der Waals surface area contributed by atoms with Crippen molar-refractivity contribution in [3.8, 4) is 5.75 Å². The molecule has 24 heavy (non-hydrogen) atoms. The minimum absolute atomic E-state index is 0.211. The quantitative estimate of drug-likeness (QED) is 0.623. The first-order valence-corrected chi connectivity index (χ1v) is 7.25. The molecule has 2 rings (SSSR count). The molecule has 0 radical (unpaired) electrons. The van der Waals surface area contributed by atoms with Crippen LogP contribution in [0.3, 0.4) is 0 Å². The predicted octanol–water partition coefficient (Wildman–Crippen LogP) is 4.53. The van der Waals surface area contributed by atoms with Crippen LogP contribution in [0.15, 0.2) is 24.3 Å². The number of hydrogen-bond donors (Lipinski definition) is 2. The van der Waals surface area contributed by atoms with Crippen molar-refractivity contribution in [1.29, 1.82) is 0 Å². The van der Waals surface area contributed by atoms with Gasteiger partial charge in [-0.2, -0.15) is 0 Å². The zero-order chi connectivity index (χ0) is 17.9. The number of nitrogens with one attached hydrogen (secondary N) is 2. The molecule has 0 fully saturated rings. The fraction of sp³-hybridized carbons (Fsp3) is 0.188. The SMILES string of the molecule is Cc1cc(OCNC(=O)Nc2ccc(F)c(F)c2F)cc(C)c1Cl. The summed E-state index contributed by atoms with van der Waals surface area (Å²) in [6.45, 7) is 3.42. The maximum absolute atomic E-state index is 13.4. The third-order valence-corrected chi connectivity index (χ3v) is 3.76. The Labute approximate surface area is 141 Å². The van der Waals surface area contributed by atoms with Gasteiger partial charge in [0.1, 0.15) is 5.75 Å². The number of amides is 2. The Morgan fingerprint density at radius 1 is 1.12 bits per heavy atom. The van der Waals surface area contributed by atoms with Gasteiger partial charge in [-0.25, -0.2) is 18.0 Å². The van der Waals surface area contributed by atoms with Gasteiger partial charge < -0.3 is 15.4 Å². The standard InChI is InChI=1S/C16H14ClF3N2O2/c1-8-5-10(6-9(2)13(8)17)24-7-21-16(23)22-12-4-3-11(18)14(19)15(12)20/h3-6H,7H2,1-2H3,(H2,21,22,23). The summed E-state index contributed by atoms with van der Waals surface area (Å²) in [6, 6.07) is 4.19. The lowest BCUT2D eigenvalue weighted by atomic mass is 10.1. The van der Waals surface area contributed by atoms with Crippen molar-refractivity contribution in [3.63, 3.8) is 0 Å². The highest BCUT2D eigenvalue weighted by atomic mass is 35.5. The lowest BCUT2D eigenvalue weighted by Crippen LogP contribution is -2.32. The van der Waals surface area contributed by atoms with Gasteiger partial charge in [0.15, 0.2) is 24.2 Å². The Kier molecular flexibility index (Phi) is 5.56. The van der Waals surface area contributed by atoms with E-state index in [0.717, 1.165) is 17.2 Å². The van der Waals surface area contributed by atoms with Crippen LogP contribution in [-0.4, -0.2) is 12.8 Å². The molecule has 2 amide bonds. The largest absolute Gasteiger partial charge is 0.473 e. The van der Waals surface area contributed by atoms with Crippen LogP contribution in [0.5, 0.6) is 5.75 Å². The van der Waals surface area contributed by atoms with E-state index in [4.69, 9.17) is 16.3 Å². The number of ether oxygens (including phenoxy) is 1. The normalized spacial score (nSPS) is 10.4. The first kappa shape index (κ1) is 17.9. The fourth-order valence-electron chi connectivity index (χ4n) is 1.96. The number of urea groups is 1. The second kappa shape index (κ2) is 7.44. The summed E-state index contributed by atoms with van der Waals surface area (Å²) in [6.07, 6.45) is 0. The van der Waals surface area contributed by atoms with Crippen LogP contribution in [0.2, 0.25) is 5.02 Å². The minimum Gasteiger partial charge on any atom is -0.473 e. The molecule has 0 aliphatic carbocycles. The van der Waals surface area contributed by atoms with Crippen molar-refractivity contribution >= 4 is 23.3 Å². The smallest absolute Gasteiger partial charge is 0.321 e. The number of carbonyl (C=O) groups is 1. The molecule has 8 heteroatoms. The second-order valence-corrected chi connectivity index (χ2v) is 5.39. The molecule has 0 saturated heterocycles. The lowest BCUT2D eigenvalue weighted by molar-refractivity contribution is 0.234. The van der Waals surface area contributed by atoms with Crippen molar-refractivity contribution in [1.82, 2.24) is 5.32 Å². The third-order valence-electron chi connectivity index (χ3n) is 3.16. The molecule has 2 N–H and O–H groups in total. The Morgan fingerprint density at radius 2 is 1.75 bits per heavy atom. The van der Waals surface area contributed by atoms with Crippen molar-refractivity contribution in [2.75, 3.05) is 12.0 Å². The van der Waals surface area contributed by atoms with Gasteiger partial charge in [-0.15, -0.1) is 0 Å². The van der Waals surface area contributed by atoms with Gasteiger partial charge >= 0.3 is 6.03 Å². The highest BCUT2D eigenvalue weighted by molar-refractivity contribution is 6.32. The Morgan fingerprint density at radius 3 is 2.38 bits per heavy atom. The van der Waals surface area contributed by atoms with Crippen molar-refractivity contribution in [3.05, 3.63) is 57.9 Å². The molecule has 0 saturated carbocycles. The molecule has 0 spiro atoms. The van der Waals surface area contributed by atoms with Crippen LogP contribution < -0.4 is 15.4 Å². The fourth-order valence-corrected chi connectivity index (χ4v) is 2.07. The van der Waals surface area contributed by atoms with Crippen LogP contribution in [0, 0.1) is 31.3 Å². The molecule has 128 valence electrons. The zero-order valence-electron chi connectivity index (χ0n) is 12.8. The second-order valence-electron chi connectivity index (χ2n) is 5.01. The van der Waals surface area contributed by atoms with Crippen LogP contribution in [0.1, 0.15) is 11.1 Å². The molecule has 0 aromatic heterocycles. The van der Waals surface area contributed by atoms with E-state index in [1.54, 1.807) is 12.1 Å². The Balaban J connectivity index is 1.91. The van der Waals surface area contributed by atoms with Crippen LogP contribution in [-0.2, 0) is 0 Å². The first-order valence-electron chi connectivity index (χ1n) is 6.87. The van der Waals surface area contributed by atoms with E-state index in [1.165, 1.54) is 0 Å². The Hall–Kier alpha value is -2.41. The third kappa shape index (κ3) is 4.11. The number of benzene rings is 2. The van der Waals surface area contributed by atoms with Gasteiger partial charge in [0, 0.05) is 5.02 Å². The van der Waals surface area contributed by atoms with E-state index in [9.17, 15) is 18.0 Å². The maximum Gasteiger partial charge on any atom is 0.321 e. The molecule has 2 aromatic carbocycles. The van der Waals surface area contributed by atoms with Gasteiger partial charge in [-0.3, -0.25) is 0 Å². The Bertz CT molecular complexity index is 761. The van der Waals surface area contributed by atoms with Crippen LogP contribution in [0.25, 0.3) is 0 Å². The van der Waals surface area contributed by atoms with Gasteiger partial charge in [0.2, 0.25) is 0 Å². The van der Waals surface area contributed by atoms with Crippen LogP contribution >= 0.6 is 11.6 Å². The van der Waals surface area contributed by atoms with E-state index in [-0.39, 0.29) is 6.73 Å². The molecule has 0 unspecified atom stereocenters. The summed E-state index contributed by atoms with van der Waals surface area (Å²) in [5.41, 5.74) is 1.16. The van der Waals surface area contributed by atoms with E-state index >= 15 is 0 Å². The molecule has 4 nitrogen and oxygen atoms in total. The first-order chi connectivity index (χ1) is 11.3. The van der Waals surface area contributed by atoms with Gasteiger partial charge in [0.25, 0.3) is 0 Å². The number of aryl methyl sites for hydroxylation is 2. The number of hydrogen-bond acceptors (Lipinski definition) is 2. The van der Waals surface area contributed by atoms with E-state index in [1.807, 2.05) is 13.8 Å². The molecule has 0 heterocycles. The molecule has 0 aliphatic rings. The van der Waals surface area contributed by atoms with Gasteiger partial charge in [-0.1, -0.05) is 11.6 Å². The maximum atomic E-state index is 13.4. The number of halogens is 4. The summed E-state index contributed by atoms with van der Waals surface area (Å²) in [4.78, 5) is 11.6. The van der Waals surface area contributed by atoms with E-state index in [2.05, 4.69) is 10.6 Å². The lowest BCUT2D eigenvalue weighted by Gasteiger charge is -2.12. The number of anilines is 1. The average molecular weight is 359 g/mol. The van der Waals surface area contributed by atoms with E-state index in [0.29, 0.717) is 16.8 Å². The highest BCUT2D eigenvalue weighted by Crippen LogP contribution is 2.25. The molecular formula is C16H14ClF3N2O2. The number of rotatable bonds is 4. The summed E-state index contributed by atoms with van der Waals surface area (Å²) in [7, 11) is 0. The molecular weight excluding hydrogens is 345 g/mol. The van der Waals surface area contributed by atoms with Gasteiger partial charge in [0.05, 0.1) is 5.69 Å². The zero-order valence-corrected chi connectivity index (χ0v) is 13.6. The van der Waals surface area contributed by atoms with Crippen molar-refractivity contribution < 1.29 is 22.7 Å². The molecule has 0 atom stereocenters. The molecule has 0 aliphatic heterocycles. The summed E-state index contributed by atoms with van der Waals surface area (Å²) in [5.74, 6) is -3.98. The topological polar surface area (TPSA) is 50.4 Å². The average Bonchev–Trinajstić information content (AvgIpc) is 2.53. The molecule has 2 aromatic rings. The summed E-state index contributed by atoms with van der Waals surface area (Å²) < 4.78 is 44.7. The highest BCUT2D eigenvalue weighted by Gasteiger charge is 2.15. The van der Waals surface area contributed by atoms with Crippen molar-refractivity contribution in [2.24, 2.45) is 0 Å². The monoisotopic (exact) mass is 358 g/mol. The van der Waals surface area contributed by atoms with Crippen LogP contribution in [0.4, 0.5) is 23.7 Å². The van der Waals surface area contributed by atoms with E-state index < -0.39 is 29.2 Å². The van der Waals surface area contributed by atoms with Gasteiger partial charge in [-0.05, 0) is 49.2 Å². The molecule has 0 bridgehead atoms.